The van der Waals surface area contributed by atoms with Crippen LogP contribution in [0.4, 0.5) is 4.39 Å². The van der Waals surface area contributed by atoms with E-state index in [0.29, 0.717) is 15.2 Å². The summed E-state index contributed by atoms with van der Waals surface area (Å²) >= 11 is 8.77. The average Bonchev–Trinajstić information content (AvgIpc) is 2.46. The Morgan fingerprint density at radius 2 is 2.14 bits per heavy atom. The third-order valence-corrected chi connectivity index (χ3v) is 3.14. The van der Waals surface area contributed by atoms with E-state index in [-0.39, 0.29) is 19.0 Å². The lowest BCUT2D eigenvalue weighted by Crippen LogP contribution is -2.15. The average molecular weight is 375 g/mol. The van der Waals surface area contributed by atoms with Crippen LogP contribution in [-0.2, 0) is 16.1 Å². The summed E-state index contributed by atoms with van der Waals surface area (Å²) in [6, 6.07) is 7.58. The highest BCUT2D eigenvalue weighted by Crippen LogP contribution is 2.21. The molecule has 1 aromatic heterocycles. The minimum absolute atomic E-state index is 0.0108. The molecule has 0 saturated carbocycles. The number of carbonyl (C=O) groups is 1. The van der Waals surface area contributed by atoms with Gasteiger partial charge in [-0.05, 0) is 24.3 Å². The first kappa shape index (κ1) is 15.7. The second-order valence-electron chi connectivity index (χ2n) is 4.01. The summed E-state index contributed by atoms with van der Waals surface area (Å²) in [7, 11) is 0. The zero-order valence-corrected chi connectivity index (χ0v) is 13.0. The Balaban J connectivity index is 1.80. The van der Waals surface area contributed by atoms with Crippen molar-refractivity contribution in [2.24, 2.45) is 0 Å². The molecule has 2 aromatic rings. The van der Waals surface area contributed by atoms with E-state index >= 15 is 0 Å². The molecule has 7 heteroatoms. The monoisotopic (exact) mass is 373 g/mol. The van der Waals surface area contributed by atoms with Gasteiger partial charge in [-0.2, -0.15) is 0 Å². The lowest BCUT2D eigenvalue weighted by atomic mass is 10.3. The molecule has 0 aliphatic rings. The van der Waals surface area contributed by atoms with Crippen molar-refractivity contribution in [3.05, 3.63) is 57.5 Å². The summed E-state index contributed by atoms with van der Waals surface area (Å²) in [4.78, 5) is 15.4. The van der Waals surface area contributed by atoms with E-state index in [2.05, 4.69) is 20.9 Å². The van der Waals surface area contributed by atoms with Crippen molar-refractivity contribution >= 4 is 33.5 Å². The van der Waals surface area contributed by atoms with Crippen molar-refractivity contribution in [2.75, 3.05) is 6.61 Å². The van der Waals surface area contributed by atoms with Crippen LogP contribution in [0.15, 0.2) is 41.0 Å². The first-order valence-electron chi connectivity index (χ1n) is 5.88. The summed E-state index contributed by atoms with van der Waals surface area (Å²) in [5.41, 5.74) is 0.697. The lowest BCUT2D eigenvalue weighted by molar-refractivity contribution is -0.147. The summed E-state index contributed by atoms with van der Waals surface area (Å²) in [6.45, 7) is -0.325. The molecule has 1 aromatic carbocycles. The molecule has 110 valence electrons. The van der Waals surface area contributed by atoms with Crippen LogP contribution >= 0.6 is 27.5 Å². The van der Waals surface area contributed by atoms with E-state index in [9.17, 15) is 9.18 Å². The fraction of sp³-hybridized carbons (Fsp3) is 0.143. The SMILES string of the molecule is O=C(COc1ccc(Br)cc1F)OCc1ccc(Cl)nc1. The molecule has 2 rings (SSSR count). The fourth-order valence-corrected chi connectivity index (χ4v) is 1.87. The van der Waals surface area contributed by atoms with E-state index in [4.69, 9.17) is 21.1 Å². The van der Waals surface area contributed by atoms with Gasteiger partial charge in [0.15, 0.2) is 18.2 Å². The van der Waals surface area contributed by atoms with Crippen molar-refractivity contribution in [3.8, 4) is 5.75 Å². The summed E-state index contributed by atoms with van der Waals surface area (Å²) in [5, 5.41) is 0.360. The van der Waals surface area contributed by atoms with Gasteiger partial charge >= 0.3 is 5.97 Å². The van der Waals surface area contributed by atoms with Crippen LogP contribution in [0.1, 0.15) is 5.56 Å². The number of aromatic nitrogens is 1. The molecular formula is C14H10BrClFNO3. The van der Waals surface area contributed by atoms with Gasteiger partial charge in [0, 0.05) is 16.2 Å². The molecule has 1 heterocycles. The number of carbonyl (C=O) groups excluding carboxylic acids is 1. The second kappa shape index (κ2) is 7.38. The lowest BCUT2D eigenvalue weighted by Gasteiger charge is -2.08. The Morgan fingerprint density at radius 3 is 2.81 bits per heavy atom. The molecule has 0 fully saturated rings. The van der Waals surface area contributed by atoms with Gasteiger partial charge in [0.25, 0.3) is 0 Å². The largest absolute Gasteiger partial charge is 0.479 e. The van der Waals surface area contributed by atoms with Crippen molar-refractivity contribution < 1.29 is 18.7 Å². The van der Waals surface area contributed by atoms with Gasteiger partial charge in [-0.15, -0.1) is 0 Å². The van der Waals surface area contributed by atoms with E-state index in [1.165, 1.54) is 18.3 Å². The predicted molar refractivity (Wildman–Crippen MR) is 78.6 cm³/mol. The Kier molecular flexibility index (Phi) is 5.52. The number of hydrogen-bond donors (Lipinski definition) is 0. The van der Waals surface area contributed by atoms with Crippen molar-refractivity contribution in [1.29, 1.82) is 0 Å². The Morgan fingerprint density at radius 1 is 1.33 bits per heavy atom. The van der Waals surface area contributed by atoms with Crippen molar-refractivity contribution in [1.82, 2.24) is 4.98 Å². The quantitative estimate of drug-likeness (QED) is 0.591. The van der Waals surface area contributed by atoms with E-state index in [0.717, 1.165) is 0 Å². The molecule has 0 unspecified atom stereocenters. The highest BCUT2D eigenvalue weighted by atomic mass is 79.9. The smallest absolute Gasteiger partial charge is 0.344 e. The number of hydrogen-bond acceptors (Lipinski definition) is 4. The molecule has 0 bridgehead atoms. The normalized spacial score (nSPS) is 10.2. The molecule has 0 atom stereocenters. The van der Waals surface area contributed by atoms with Crippen LogP contribution in [0.25, 0.3) is 0 Å². The minimum atomic E-state index is -0.604. The minimum Gasteiger partial charge on any atom is -0.479 e. The zero-order valence-electron chi connectivity index (χ0n) is 10.7. The van der Waals surface area contributed by atoms with Crippen LogP contribution < -0.4 is 4.74 Å². The maximum Gasteiger partial charge on any atom is 0.344 e. The number of esters is 1. The number of ether oxygens (including phenoxy) is 2. The number of benzene rings is 1. The second-order valence-corrected chi connectivity index (χ2v) is 5.32. The van der Waals surface area contributed by atoms with Gasteiger partial charge in [-0.1, -0.05) is 33.6 Å². The Labute approximate surface area is 134 Å². The van der Waals surface area contributed by atoms with Gasteiger partial charge in [-0.3, -0.25) is 0 Å². The van der Waals surface area contributed by atoms with Crippen LogP contribution in [0.2, 0.25) is 5.15 Å². The first-order chi connectivity index (χ1) is 10.0. The van der Waals surface area contributed by atoms with Crippen LogP contribution in [-0.4, -0.2) is 17.6 Å². The predicted octanol–water partition coefficient (Wildman–Crippen LogP) is 3.76. The molecule has 0 N–H and O–H groups in total. The molecule has 0 aliphatic heterocycles. The Hall–Kier alpha value is -1.66. The molecular weight excluding hydrogens is 365 g/mol. The van der Waals surface area contributed by atoms with E-state index in [1.54, 1.807) is 18.2 Å². The highest BCUT2D eigenvalue weighted by molar-refractivity contribution is 9.10. The third-order valence-electron chi connectivity index (χ3n) is 2.43. The highest BCUT2D eigenvalue weighted by Gasteiger charge is 2.08. The van der Waals surface area contributed by atoms with E-state index in [1.807, 2.05) is 0 Å². The van der Waals surface area contributed by atoms with Crippen LogP contribution in [0, 0.1) is 5.82 Å². The topological polar surface area (TPSA) is 48.4 Å². The molecule has 4 nitrogen and oxygen atoms in total. The molecule has 0 spiro atoms. The number of nitrogens with zero attached hydrogens (tertiary/aromatic N) is 1. The van der Waals surface area contributed by atoms with Crippen molar-refractivity contribution in [2.45, 2.75) is 6.61 Å². The maximum atomic E-state index is 13.5. The van der Waals surface area contributed by atoms with Gasteiger partial charge < -0.3 is 9.47 Å². The van der Waals surface area contributed by atoms with Gasteiger partial charge in [0.05, 0.1) is 0 Å². The molecule has 0 saturated heterocycles. The van der Waals surface area contributed by atoms with Crippen LogP contribution in [0.3, 0.4) is 0 Å². The molecule has 0 aliphatic carbocycles. The number of rotatable bonds is 5. The van der Waals surface area contributed by atoms with Gasteiger partial charge in [0.2, 0.25) is 0 Å². The zero-order chi connectivity index (χ0) is 15.2. The van der Waals surface area contributed by atoms with Gasteiger partial charge in [-0.25, -0.2) is 14.2 Å². The standard InChI is InChI=1S/C14H10BrClFNO3/c15-10-2-3-12(11(17)5-10)20-8-14(19)21-7-9-1-4-13(16)18-6-9/h1-6H,7-8H2. The van der Waals surface area contributed by atoms with Crippen molar-refractivity contribution in [3.63, 3.8) is 0 Å². The molecule has 21 heavy (non-hydrogen) atoms. The van der Waals surface area contributed by atoms with Gasteiger partial charge in [0.1, 0.15) is 11.8 Å². The number of pyridine rings is 1. The van der Waals surface area contributed by atoms with Crippen LogP contribution in [0.5, 0.6) is 5.75 Å². The third kappa shape index (κ3) is 4.99. The summed E-state index contributed by atoms with van der Waals surface area (Å²) < 4.78 is 24.1. The molecule has 0 amide bonds. The number of halogens is 3. The Bertz CT molecular complexity index is 637. The maximum absolute atomic E-state index is 13.5. The fourth-order valence-electron chi connectivity index (χ4n) is 1.43. The first-order valence-corrected chi connectivity index (χ1v) is 7.05. The summed E-state index contributed by atoms with van der Waals surface area (Å²) in [5.74, 6) is -1.17. The molecule has 0 radical (unpaired) electrons. The summed E-state index contributed by atoms with van der Waals surface area (Å²) in [6.07, 6.45) is 1.50. The van der Waals surface area contributed by atoms with E-state index < -0.39 is 11.8 Å².